The number of nitrogens with one attached hydrogen (secondary N) is 1. The summed E-state index contributed by atoms with van der Waals surface area (Å²) in [5.41, 5.74) is 1.65. The van der Waals surface area contributed by atoms with Crippen LogP contribution < -0.4 is 14.8 Å². The van der Waals surface area contributed by atoms with E-state index >= 15 is 0 Å². The Bertz CT molecular complexity index is 1260. The summed E-state index contributed by atoms with van der Waals surface area (Å²) in [7, 11) is -0.321. The highest BCUT2D eigenvalue weighted by Crippen LogP contribution is 2.28. The van der Waals surface area contributed by atoms with Crippen molar-refractivity contribution in [2.75, 3.05) is 27.3 Å². The molecule has 176 valence electrons. The van der Waals surface area contributed by atoms with Gasteiger partial charge in [-0.25, -0.2) is 8.42 Å². The SMILES string of the molecule is COc1ccc(CNC(=O)C(C)n2ccc3cc(S(=O)(=O)N4CCCC4)ccc32)c(OC)c1. The monoisotopic (exact) mass is 471 g/mol. The largest absolute Gasteiger partial charge is 0.497 e. The molecule has 2 heterocycles. The van der Waals surface area contributed by atoms with Gasteiger partial charge in [-0.2, -0.15) is 4.31 Å². The van der Waals surface area contributed by atoms with Gasteiger partial charge in [-0.3, -0.25) is 4.79 Å². The number of ether oxygens (including phenoxy) is 2. The molecule has 4 rings (SSSR count). The molecule has 0 bridgehead atoms. The van der Waals surface area contributed by atoms with Gasteiger partial charge in [0.25, 0.3) is 0 Å². The molecule has 0 radical (unpaired) electrons. The molecule has 1 amide bonds. The number of carbonyl (C=O) groups excluding carboxylic acids is 1. The first-order valence-electron chi connectivity index (χ1n) is 10.9. The van der Waals surface area contributed by atoms with Crippen LogP contribution in [0.4, 0.5) is 0 Å². The number of carbonyl (C=O) groups is 1. The van der Waals surface area contributed by atoms with E-state index in [1.165, 1.54) is 4.31 Å². The number of rotatable bonds is 8. The molecule has 3 aromatic rings. The van der Waals surface area contributed by atoms with E-state index in [1.54, 1.807) is 38.5 Å². The summed E-state index contributed by atoms with van der Waals surface area (Å²) in [4.78, 5) is 13.2. The number of fused-ring (bicyclic) bond motifs is 1. The van der Waals surface area contributed by atoms with Crippen LogP contribution in [0, 0.1) is 0 Å². The van der Waals surface area contributed by atoms with Crippen molar-refractivity contribution in [2.45, 2.75) is 37.2 Å². The fraction of sp³-hybridized carbons (Fsp3) is 0.375. The fourth-order valence-corrected chi connectivity index (χ4v) is 5.73. The van der Waals surface area contributed by atoms with E-state index in [9.17, 15) is 13.2 Å². The van der Waals surface area contributed by atoms with Gasteiger partial charge >= 0.3 is 0 Å². The summed E-state index contributed by atoms with van der Waals surface area (Å²) in [6.45, 7) is 3.26. The average molecular weight is 472 g/mol. The number of hydrogen-bond acceptors (Lipinski definition) is 5. The highest BCUT2D eigenvalue weighted by molar-refractivity contribution is 7.89. The fourth-order valence-electron chi connectivity index (χ4n) is 4.17. The van der Waals surface area contributed by atoms with Crippen LogP contribution in [0.5, 0.6) is 11.5 Å². The van der Waals surface area contributed by atoms with Crippen LogP contribution in [0.15, 0.2) is 53.6 Å². The molecule has 9 heteroatoms. The first-order chi connectivity index (χ1) is 15.8. The molecule has 8 nitrogen and oxygen atoms in total. The van der Waals surface area contributed by atoms with E-state index in [-0.39, 0.29) is 5.91 Å². The second kappa shape index (κ2) is 9.44. The van der Waals surface area contributed by atoms with Crippen molar-refractivity contribution in [2.24, 2.45) is 0 Å². The Kier molecular flexibility index (Phi) is 6.62. The minimum absolute atomic E-state index is 0.154. The Hall–Kier alpha value is -3.04. The highest BCUT2D eigenvalue weighted by Gasteiger charge is 2.27. The van der Waals surface area contributed by atoms with E-state index in [2.05, 4.69) is 5.32 Å². The molecule has 1 unspecified atom stereocenters. The van der Waals surface area contributed by atoms with E-state index in [0.29, 0.717) is 36.0 Å². The van der Waals surface area contributed by atoms with Crippen LogP contribution in [0.1, 0.15) is 31.4 Å². The highest BCUT2D eigenvalue weighted by atomic mass is 32.2. The third kappa shape index (κ3) is 4.56. The summed E-state index contributed by atoms with van der Waals surface area (Å²) in [5.74, 6) is 1.17. The molecular formula is C24H29N3O5S. The molecule has 1 fully saturated rings. The lowest BCUT2D eigenvalue weighted by molar-refractivity contribution is -0.123. The number of amides is 1. The maximum absolute atomic E-state index is 12.9. The smallest absolute Gasteiger partial charge is 0.243 e. The lowest BCUT2D eigenvalue weighted by Gasteiger charge is -2.18. The Morgan fingerprint density at radius 2 is 1.82 bits per heavy atom. The predicted octanol–water partition coefficient (Wildman–Crippen LogP) is 3.32. The summed E-state index contributed by atoms with van der Waals surface area (Å²) >= 11 is 0. The number of benzene rings is 2. The number of sulfonamides is 1. The molecule has 2 aromatic carbocycles. The van der Waals surface area contributed by atoms with Gasteiger partial charge in [0.05, 0.1) is 19.1 Å². The van der Waals surface area contributed by atoms with Gasteiger partial charge < -0.3 is 19.4 Å². The third-order valence-corrected chi connectivity index (χ3v) is 8.03. The lowest BCUT2D eigenvalue weighted by atomic mass is 10.2. The van der Waals surface area contributed by atoms with Gasteiger partial charge in [0, 0.05) is 48.4 Å². The van der Waals surface area contributed by atoms with Gasteiger partial charge in [0.2, 0.25) is 15.9 Å². The first kappa shape index (κ1) is 23.1. The third-order valence-electron chi connectivity index (χ3n) is 6.14. The van der Waals surface area contributed by atoms with Crippen molar-refractivity contribution in [3.63, 3.8) is 0 Å². The average Bonchev–Trinajstić information content (AvgIpc) is 3.52. The minimum atomic E-state index is -3.48. The van der Waals surface area contributed by atoms with Crippen molar-refractivity contribution in [1.82, 2.24) is 14.2 Å². The van der Waals surface area contributed by atoms with Gasteiger partial charge in [0.15, 0.2) is 0 Å². The van der Waals surface area contributed by atoms with Crippen LogP contribution in [0.25, 0.3) is 10.9 Å². The summed E-state index contributed by atoms with van der Waals surface area (Å²) in [6, 6.07) is 11.9. The lowest BCUT2D eigenvalue weighted by Crippen LogP contribution is -2.30. The van der Waals surface area contributed by atoms with Gasteiger partial charge in [0.1, 0.15) is 17.5 Å². The molecule has 1 N–H and O–H groups in total. The number of aromatic nitrogens is 1. The van der Waals surface area contributed by atoms with Gasteiger partial charge in [-0.05, 0) is 56.2 Å². The molecule has 0 spiro atoms. The van der Waals surface area contributed by atoms with Crippen molar-refractivity contribution in [3.05, 3.63) is 54.2 Å². The zero-order chi connectivity index (χ0) is 23.6. The maximum atomic E-state index is 12.9. The van der Waals surface area contributed by atoms with Crippen LogP contribution in [0.3, 0.4) is 0 Å². The molecule has 1 aliphatic heterocycles. The summed E-state index contributed by atoms with van der Waals surface area (Å²) in [6.07, 6.45) is 3.61. The normalized spacial score (nSPS) is 15.5. The number of nitrogens with zero attached hydrogens (tertiary/aromatic N) is 2. The van der Waals surface area contributed by atoms with Crippen LogP contribution in [-0.4, -0.2) is 50.5 Å². The van der Waals surface area contributed by atoms with E-state index in [4.69, 9.17) is 9.47 Å². The standard InChI is InChI=1S/C24H29N3O5S/c1-17(24(28)25-16-19-6-7-20(31-2)15-23(19)32-3)27-13-10-18-14-21(8-9-22(18)27)33(29,30)26-11-4-5-12-26/h6-10,13-15,17H,4-5,11-12,16H2,1-3H3,(H,25,28). The number of methoxy groups -OCH3 is 2. The molecule has 1 atom stereocenters. The molecule has 0 aliphatic carbocycles. The summed E-state index contributed by atoms with van der Waals surface area (Å²) < 4.78 is 39.7. The Labute approximate surface area is 194 Å². The molecule has 1 aliphatic rings. The maximum Gasteiger partial charge on any atom is 0.243 e. The van der Waals surface area contributed by atoms with Crippen molar-refractivity contribution in [3.8, 4) is 11.5 Å². The molecule has 1 saturated heterocycles. The van der Waals surface area contributed by atoms with E-state index in [0.717, 1.165) is 29.3 Å². The molecular weight excluding hydrogens is 442 g/mol. The first-order valence-corrected chi connectivity index (χ1v) is 12.4. The van der Waals surface area contributed by atoms with Gasteiger partial charge in [-0.1, -0.05) is 0 Å². The van der Waals surface area contributed by atoms with E-state index < -0.39 is 16.1 Å². The summed E-state index contributed by atoms with van der Waals surface area (Å²) in [5, 5.41) is 3.74. The van der Waals surface area contributed by atoms with Crippen molar-refractivity contribution < 1.29 is 22.7 Å². The van der Waals surface area contributed by atoms with Crippen LogP contribution in [0.2, 0.25) is 0 Å². The zero-order valence-corrected chi connectivity index (χ0v) is 19.9. The molecule has 1 aromatic heterocycles. The Morgan fingerprint density at radius 1 is 1.06 bits per heavy atom. The predicted molar refractivity (Wildman–Crippen MR) is 126 cm³/mol. The Balaban J connectivity index is 1.50. The topological polar surface area (TPSA) is 89.9 Å². The zero-order valence-electron chi connectivity index (χ0n) is 19.1. The minimum Gasteiger partial charge on any atom is -0.497 e. The number of hydrogen-bond donors (Lipinski definition) is 1. The molecule has 0 saturated carbocycles. The van der Waals surface area contributed by atoms with E-state index in [1.807, 2.05) is 35.9 Å². The van der Waals surface area contributed by atoms with Crippen molar-refractivity contribution >= 4 is 26.8 Å². The molecule has 33 heavy (non-hydrogen) atoms. The van der Waals surface area contributed by atoms with Gasteiger partial charge in [-0.15, -0.1) is 0 Å². The second-order valence-electron chi connectivity index (χ2n) is 8.13. The van der Waals surface area contributed by atoms with Crippen LogP contribution >= 0.6 is 0 Å². The van der Waals surface area contributed by atoms with Crippen molar-refractivity contribution in [1.29, 1.82) is 0 Å². The van der Waals surface area contributed by atoms with Crippen LogP contribution in [-0.2, 0) is 21.4 Å². The quantitative estimate of drug-likeness (QED) is 0.544. The second-order valence-corrected chi connectivity index (χ2v) is 10.1. The Morgan fingerprint density at radius 3 is 2.52 bits per heavy atom.